The van der Waals surface area contributed by atoms with Gasteiger partial charge in [0, 0.05) is 32.7 Å². The Morgan fingerprint density at radius 1 is 1.17 bits per heavy atom. The van der Waals surface area contributed by atoms with E-state index in [1.54, 1.807) is 6.07 Å². The number of hydrogen-bond acceptors (Lipinski definition) is 4. The second-order valence-corrected chi connectivity index (χ2v) is 8.21. The van der Waals surface area contributed by atoms with Crippen molar-refractivity contribution in [1.29, 1.82) is 0 Å². The molecule has 0 spiro atoms. The number of carbonyl (C=O) groups is 1. The van der Waals surface area contributed by atoms with Gasteiger partial charge in [0.2, 0.25) is 15.9 Å². The van der Waals surface area contributed by atoms with Crippen molar-refractivity contribution in [2.75, 3.05) is 39.3 Å². The molecule has 1 fully saturated rings. The van der Waals surface area contributed by atoms with E-state index in [1.165, 1.54) is 4.31 Å². The Morgan fingerprint density at radius 2 is 1.83 bits per heavy atom. The van der Waals surface area contributed by atoms with Crippen LogP contribution < -0.4 is 5.32 Å². The van der Waals surface area contributed by atoms with Crippen LogP contribution in [0.2, 0.25) is 0 Å². The zero-order valence-corrected chi connectivity index (χ0v) is 15.5. The molecule has 0 aliphatic carbocycles. The van der Waals surface area contributed by atoms with Crippen molar-refractivity contribution >= 4 is 15.9 Å². The van der Waals surface area contributed by atoms with E-state index in [4.69, 9.17) is 0 Å². The summed E-state index contributed by atoms with van der Waals surface area (Å²) in [4.78, 5) is 14.2. The second kappa shape index (κ2) is 8.09. The zero-order valence-electron chi connectivity index (χ0n) is 14.7. The summed E-state index contributed by atoms with van der Waals surface area (Å²) in [6.07, 6.45) is 0.910. The van der Waals surface area contributed by atoms with Crippen LogP contribution in [-0.4, -0.2) is 62.8 Å². The molecule has 0 unspecified atom stereocenters. The van der Waals surface area contributed by atoms with Gasteiger partial charge in [-0.2, -0.15) is 4.31 Å². The summed E-state index contributed by atoms with van der Waals surface area (Å²) in [6, 6.07) is 5.49. The predicted octanol–water partition coefficient (Wildman–Crippen LogP) is 1.14. The highest BCUT2D eigenvalue weighted by Crippen LogP contribution is 2.22. The molecule has 0 bridgehead atoms. The summed E-state index contributed by atoms with van der Waals surface area (Å²) in [5.41, 5.74) is 1.70. The Kier molecular flexibility index (Phi) is 6.37. The molecule has 0 atom stereocenters. The van der Waals surface area contributed by atoms with E-state index in [9.17, 15) is 13.2 Å². The van der Waals surface area contributed by atoms with Crippen molar-refractivity contribution in [2.45, 2.75) is 32.1 Å². The number of amides is 1. The normalized spacial score (nSPS) is 17.0. The lowest BCUT2D eigenvalue weighted by atomic mass is 10.2. The summed E-state index contributed by atoms with van der Waals surface area (Å²) in [5.74, 6) is 0.00249. The van der Waals surface area contributed by atoms with E-state index in [2.05, 4.69) is 5.32 Å². The molecule has 1 aromatic rings. The lowest BCUT2D eigenvalue weighted by Crippen LogP contribution is -2.51. The Bertz CT molecular complexity index is 680. The third-order valence-corrected chi connectivity index (χ3v) is 6.27. The highest BCUT2D eigenvalue weighted by molar-refractivity contribution is 7.89. The van der Waals surface area contributed by atoms with Gasteiger partial charge >= 0.3 is 0 Å². The maximum atomic E-state index is 12.9. The van der Waals surface area contributed by atoms with E-state index < -0.39 is 10.0 Å². The molecule has 1 amide bonds. The third-order valence-electron chi connectivity index (χ3n) is 4.23. The van der Waals surface area contributed by atoms with Crippen LogP contribution in [0.1, 0.15) is 24.5 Å². The molecule has 1 N–H and O–H groups in total. The maximum Gasteiger partial charge on any atom is 0.243 e. The molecule has 2 rings (SSSR count). The van der Waals surface area contributed by atoms with Crippen LogP contribution in [0.5, 0.6) is 0 Å². The van der Waals surface area contributed by atoms with Gasteiger partial charge in [-0.05, 0) is 37.5 Å². The topological polar surface area (TPSA) is 69.7 Å². The van der Waals surface area contributed by atoms with E-state index in [1.807, 2.05) is 37.8 Å². The molecule has 1 heterocycles. The SMILES string of the molecule is CCCNC(=O)CN1CCN(S(=O)(=O)c2cc(C)ccc2C)CC1. The average molecular weight is 353 g/mol. The molecule has 7 heteroatoms. The number of sulfonamides is 1. The van der Waals surface area contributed by atoms with Gasteiger partial charge in [-0.3, -0.25) is 9.69 Å². The number of nitrogens with one attached hydrogen (secondary N) is 1. The molecule has 6 nitrogen and oxygen atoms in total. The Morgan fingerprint density at radius 3 is 2.46 bits per heavy atom. The van der Waals surface area contributed by atoms with E-state index >= 15 is 0 Å². The van der Waals surface area contributed by atoms with Gasteiger partial charge in [0.05, 0.1) is 11.4 Å². The maximum absolute atomic E-state index is 12.9. The molecule has 0 saturated carbocycles. The van der Waals surface area contributed by atoms with Crippen molar-refractivity contribution in [2.24, 2.45) is 0 Å². The van der Waals surface area contributed by atoms with Crippen LogP contribution in [-0.2, 0) is 14.8 Å². The van der Waals surface area contributed by atoms with E-state index in [0.29, 0.717) is 44.2 Å². The molecule has 1 aromatic carbocycles. The largest absolute Gasteiger partial charge is 0.355 e. The molecule has 0 aromatic heterocycles. The number of rotatable bonds is 6. The van der Waals surface area contributed by atoms with Crippen molar-refractivity contribution < 1.29 is 13.2 Å². The Labute approximate surface area is 144 Å². The number of hydrogen-bond donors (Lipinski definition) is 1. The lowest BCUT2D eigenvalue weighted by molar-refractivity contribution is -0.122. The molecule has 1 aliphatic heterocycles. The summed E-state index contributed by atoms with van der Waals surface area (Å²) < 4.78 is 27.2. The molecule has 24 heavy (non-hydrogen) atoms. The van der Waals surface area contributed by atoms with Crippen LogP contribution >= 0.6 is 0 Å². The Hall–Kier alpha value is -1.44. The smallest absolute Gasteiger partial charge is 0.243 e. The third kappa shape index (κ3) is 4.55. The monoisotopic (exact) mass is 353 g/mol. The predicted molar refractivity (Wildman–Crippen MR) is 94.4 cm³/mol. The highest BCUT2D eigenvalue weighted by atomic mass is 32.2. The fourth-order valence-corrected chi connectivity index (χ4v) is 4.51. The minimum Gasteiger partial charge on any atom is -0.355 e. The van der Waals surface area contributed by atoms with Crippen LogP contribution in [0.15, 0.2) is 23.1 Å². The van der Waals surface area contributed by atoms with E-state index in [0.717, 1.165) is 17.5 Å². The van der Waals surface area contributed by atoms with Crippen molar-refractivity contribution in [3.8, 4) is 0 Å². The minimum absolute atomic E-state index is 0.00249. The van der Waals surface area contributed by atoms with Gasteiger partial charge in [-0.15, -0.1) is 0 Å². The first kappa shape index (κ1) is 18.9. The minimum atomic E-state index is -3.48. The van der Waals surface area contributed by atoms with E-state index in [-0.39, 0.29) is 5.91 Å². The second-order valence-electron chi connectivity index (χ2n) is 6.30. The molecular formula is C17H27N3O3S. The van der Waals surface area contributed by atoms with Gasteiger partial charge in [0.1, 0.15) is 0 Å². The first-order valence-corrected chi connectivity index (χ1v) is 9.85. The number of nitrogens with zero attached hydrogens (tertiary/aromatic N) is 2. The summed E-state index contributed by atoms with van der Waals surface area (Å²) in [7, 11) is -3.48. The number of piperazine rings is 1. The molecule has 0 radical (unpaired) electrons. The van der Waals surface area contributed by atoms with Gasteiger partial charge in [0.25, 0.3) is 0 Å². The van der Waals surface area contributed by atoms with Crippen LogP contribution in [0, 0.1) is 13.8 Å². The van der Waals surface area contributed by atoms with Crippen LogP contribution in [0.25, 0.3) is 0 Å². The van der Waals surface area contributed by atoms with Crippen molar-refractivity contribution in [3.05, 3.63) is 29.3 Å². The van der Waals surface area contributed by atoms with Gasteiger partial charge < -0.3 is 5.32 Å². The number of carbonyl (C=O) groups excluding carboxylic acids is 1. The van der Waals surface area contributed by atoms with Crippen molar-refractivity contribution in [3.63, 3.8) is 0 Å². The molecular weight excluding hydrogens is 326 g/mol. The quantitative estimate of drug-likeness (QED) is 0.832. The summed E-state index contributed by atoms with van der Waals surface area (Å²) in [5, 5.41) is 2.85. The summed E-state index contributed by atoms with van der Waals surface area (Å²) in [6.45, 7) is 8.71. The van der Waals surface area contributed by atoms with Gasteiger partial charge in [-0.25, -0.2) is 8.42 Å². The zero-order chi connectivity index (χ0) is 17.7. The lowest BCUT2D eigenvalue weighted by Gasteiger charge is -2.33. The molecule has 134 valence electrons. The fraction of sp³-hybridized carbons (Fsp3) is 0.588. The first-order valence-electron chi connectivity index (χ1n) is 8.41. The number of benzene rings is 1. The van der Waals surface area contributed by atoms with Crippen molar-refractivity contribution in [1.82, 2.24) is 14.5 Å². The Balaban J connectivity index is 1.98. The standard InChI is InChI=1S/C17H27N3O3S/c1-4-7-18-17(21)13-19-8-10-20(11-9-19)24(22,23)16-12-14(2)5-6-15(16)3/h5-6,12H,4,7-11,13H2,1-3H3,(H,18,21). The first-order chi connectivity index (χ1) is 11.3. The summed E-state index contributed by atoms with van der Waals surface area (Å²) >= 11 is 0. The highest BCUT2D eigenvalue weighted by Gasteiger charge is 2.30. The number of aryl methyl sites for hydroxylation is 2. The molecule has 1 saturated heterocycles. The molecule has 1 aliphatic rings. The van der Waals surface area contributed by atoms with Crippen LogP contribution in [0.3, 0.4) is 0 Å². The van der Waals surface area contributed by atoms with Gasteiger partial charge in [-0.1, -0.05) is 19.1 Å². The average Bonchev–Trinajstić information content (AvgIpc) is 2.55. The van der Waals surface area contributed by atoms with Crippen LogP contribution in [0.4, 0.5) is 0 Å². The fourth-order valence-electron chi connectivity index (χ4n) is 2.78. The van der Waals surface area contributed by atoms with Gasteiger partial charge in [0.15, 0.2) is 0 Å².